The van der Waals surface area contributed by atoms with Crippen LogP contribution >= 0.6 is 0 Å². The van der Waals surface area contributed by atoms with Gasteiger partial charge < -0.3 is 9.74 Å². The number of hydrogen-bond donors (Lipinski definition) is 0. The summed E-state index contributed by atoms with van der Waals surface area (Å²) in [7, 11) is 0. The zero-order valence-corrected chi connectivity index (χ0v) is 8.72. The molecule has 0 aromatic carbocycles. The van der Waals surface area contributed by atoms with Gasteiger partial charge in [0, 0.05) is 39.6 Å². The number of carbonyl (C=O) groups is 1. The van der Waals surface area contributed by atoms with Gasteiger partial charge in [-0.05, 0) is 0 Å². The summed E-state index contributed by atoms with van der Waals surface area (Å²) in [5.41, 5.74) is 0. The molecule has 0 atom stereocenters. The van der Waals surface area contributed by atoms with E-state index in [4.69, 9.17) is 0 Å². The molecule has 0 aromatic heterocycles. The van der Waals surface area contributed by atoms with E-state index in [1.165, 1.54) is 0 Å². The maximum atomic E-state index is 11.0. The van der Waals surface area contributed by atoms with Gasteiger partial charge in [-0.15, -0.1) is 10.1 Å². The summed E-state index contributed by atoms with van der Waals surface area (Å²) in [4.78, 5) is 28.9. The van der Waals surface area contributed by atoms with Gasteiger partial charge in [-0.25, -0.2) is 0 Å². The van der Waals surface area contributed by atoms with E-state index < -0.39 is 5.09 Å². The summed E-state index contributed by atoms with van der Waals surface area (Å²) in [5.74, 6) is 0.0798. The number of nitrogens with zero attached hydrogens (tertiary/aromatic N) is 3. The molecule has 1 aliphatic heterocycles. The van der Waals surface area contributed by atoms with Gasteiger partial charge in [-0.1, -0.05) is 0 Å². The van der Waals surface area contributed by atoms with Gasteiger partial charge >= 0.3 is 0 Å². The van der Waals surface area contributed by atoms with Gasteiger partial charge in [0.15, 0.2) is 0 Å². The first-order valence-corrected chi connectivity index (χ1v) is 4.85. The average Bonchev–Trinajstić information content (AvgIpc) is 2.18. The fourth-order valence-electron chi connectivity index (χ4n) is 1.53. The molecule has 0 aliphatic carbocycles. The molecule has 0 unspecified atom stereocenters. The molecule has 1 heterocycles. The van der Waals surface area contributed by atoms with Gasteiger partial charge in [0.05, 0.1) is 0 Å². The van der Waals surface area contributed by atoms with E-state index in [9.17, 15) is 14.9 Å². The van der Waals surface area contributed by atoms with Crippen molar-refractivity contribution in [3.63, 3.8) is 0 Å². The van der Waals surface area contributed by atoms with Crippen LogP contribution in [0.25, 0.3) is 0 Å². The maximum Gasteiger partial charge on any atom is 0.294 e. The fraction of sp³-hybridized carbons (Fsp3) is 0.875. The van der Waals surface area contributed by atoms with Crippen LogP contribution in [0.2, 0.25) is 0 Å². The highest BCUT2D eigenvalue weighted by atomic mass is 16.9. The second kappa shape index (κ2) is 5.50. The minimum atomic E-state index is -0.786. The predicted octanol–water partition coefficient (Wildman–Crippen LogP) is -0.641. The van der Waals surface area contributed by atoms with Crippen LogP contribution < -0.4 is 0 Å². The molecular formula is C8H15N3O4. The third-order valence-electron chi connectivity index (χ3n) is 2.42. The third kappa shape index (κ3) is 4.11. The summed E-state index contributed by atoms with van der Waals surface area (Å²) in [6.45, 7) is 5.05. The van der Waals surface area contributed by atoms with Gasteiger partial charge in [0.2, 0.25) is 5.91 Å². The Morgan fingerprint density at radius 1 is 1.40 bits per heavy atom. The van der Waals surface area contributed by atoms with Crippen molar-refractivity contribution in [2.45, 2.75) is 6.92 Å². The number of carbonyl (C=O) groups excluding carboxylic acids is 1. The lowest BCUT2D eigenvalue weighted by Crippen LogP contribution is -2.48. The largest absolute Gasteiger partial charge is 0.340 e. The molecule has 1 fully saturated rings. The zero-order valence-electron chi connectivity index (χ0n) is 8.72. The van der Waals surface area contributed by atoms with Crippen molar-refractivity contribution < 1.29 is 14.7 Å². The Morgan fingerprint density at radius 2 is 2.00 bits per heavy atom. The van der Waals surface area contributed by atoms with Crippen molar-refractivity contribution in [1.29, 1.82) is 0 Å². The monoisotopic (exact) mass is 217 g/mol. The Hall–Kier alpha value is -1.37. The molecule has 1 aliphatic rings. The Morgan fingerprint density at radius 3 is 2.47 bits per heavy atom. The first-order chi connectivity index (χ1) is 7.09. The minimum Gasteiger partial charge on any atom is -0.340 e. The lowest BCUT2D eigenvalue weighted by molar-refractivity contribution is -0.757. The Balaban J connectivity index is 2.14. The van der Waals surface area contributed by atoms with E-state index in [1.54, 1.807) is 11.8 Å². The van der Waals surface area contributed by atoms with Crippen LogP contribution in [0.4, 0.5) is 0 Å². The van der Waals surface area contributed by atoms with Crippen LogP contribution in [-0.4, -0.2) is 60.1 Å². The van der Waals surface area contributed by atoms with E-state index in [0.717, 1.165) is 13.1 Å². The first kappa shape index (κ1) is 11.7. The molecule has 7 heteroatoms. The maximum absolute atomic E-state index is 11.0. The molecule has 0 N–H and O–H groups in total. The Bertz CT molecular complexity index is 235. The van der Waals surface area contributed by atoms with E-state index >= 15 is 0 Å². The number of rotatable bonds is 4. The lowest BCUT2D eigenvalue weighted by Gasteiger charge is -2.33. The molecule has 86 valence electrons. The first-order valence-electron chi connectivity index (χ1n) is 4.85. The number of hydrogen-bond acceptors (Lipinski definition) is 5. The summed E-state index contributed by atoms with van der Waals surface area (Å²) in [5, 5.41) is 9.11. The summed E-state index contributed by atoms with van der Waals surface area (Å²) in [6, 6.07) is 0. The molecular weight excluding hydrogens is 202 g/mol. The van der Waals surface area contributed by atoms with Crippen LogP contribution in [0.3, 0.4) is 0 Å². The van der Waals surface area contributed by atoms with Crippen LogP contribution in [-0.2, 0) is 9.63 Å². The van der Waals surface area contributed by atoms with Crippen LogP contribution in [0.1, 0.15) is 6.92 Å². The smallest absolute Gasteiger partial charge is 0.294 e. The van der Waals surface area contributed by atoms with Crippen LogP contribution in [0, 0.1) is 10.1 Å². The van der Waals surface area contributed by atoms with Gasteiger partial charge in [0.25, 0.3) is 5.09 Å². The van der Waals surface area contributed by atoms with Crippen molar-refractivity contribution >= 4 is 5.91 Å². The third-order valence-corrected chi connectivity index (χ3v) is 2.42. The molecule has 15 heavy (non-hydrogen) atoms. The molecule has 7 nitrogen and oxygen atoms in total. The lowest BCUT2D eigenvalue weighted by atomic mass is 10.3. The van der Waals surface area contributed by atoms with Gasteiger partial charge in [0.1, 0.15) is 6.61 Å². The van der Waals surface area contributed by atoms with Crippen molar-refractivity contribution in [3.05, 3.63) is 10.1 Å². The van der Waals surface area contributed by atoms with E-state index in [0.29, 0.717) is 19.6 Å². The van der Waals surface area contributed by atoms with Crippen molar-refractivity contribution in [1.82, 2.24) is 9.80 Å². The highest BCUT2D eigenvalue weighted by Crippen LogP contribution is 2.01. The Labute approximate surface area is 87.7 Å². The minimum absolute atomic E-state index is 0.0798. The standard InChI is InChI=1S/C8H15N3O4/c1-8(12)10-4-2-9(3-5-10)6-7-15-11(13)14/h2-7H2,1H3. The molecule has 0 spiro atoms. The predicted molar refractivity (Wildman–Crippen MR) is 51.6 cm³/mol. The highest BCUT2D eigenvalue weighted by Gasteiger charge is 2.18. The summed E-state index contributed by atoms with van der Waals surface area (Å²) in [6.07, 6.45) is 0. The van der Waals surface area contributed by atoms with Crippen LogP contribution in [0.15, 0.2) is 0 Å². The molecule has 1 rings (SSSR count). The van der Waals surface area contributed by atoms with Crippen molar-refractivity contribution in [3.8, 4) is 0 Å². The quantitative estimate of drug-likeness (QED) is 0.462. The summed E-state index contributed by atoms with van der Waals surface area (Å²) < 4.78 is 0. The SMILES string of the molecule is CC(=O)N1CCN(CCO[N+](=O)[O-])CC1. The zero-order chi connectivity index (χ0) is 11.3. The molecule has 0 aromatic rings. The molecule has 0 bridgehead atoms. The van der Waals surface area contributed by atoms with Crippen LogP contribution in [0.5, 0.6) is 0 Å². The molecule has 0 saturated carbocycles. The number of amides is 1. The number of piperazine rings is 1. The molecule has 1 amide bonds. The topological polar surface area (TPSA) is 75.9 Å². The fourth-order valence-corrected chi connectivity index (χ4v) is 1.53. The Kier molecular flexibility index (Phi) is 4.29. The second-order valence-corrected chi connectivity index (χ2v) is 3.40. The van der Waals surface area contributed by atoms with E-state index in [2.05, 4.69) is 4.84 Å². The molecule has 0 radical (unpaired) electrons. The van der Waals surface area contributed by atoms with Crippen molar-refractivity contribution in [2.75, 3.05) is 39.3 Å². The molecule has 1 saturated heterocycles. The van der Waals surface area contributed by atoms with E-state index in [1.807, 2.05) is 4.90 Å². The normalized spacial score (nSPS) is 17.5. The van der Waals surface area contributed by atoms with E-state index in [-0.39, 0.29) is 12.5 Å². The summed E-state index contributed by atoms with van der Waals surface area (Å²) >= 11 is 0. The van der Waals surface area contributed by atoms with Crippen molar-refractivity contribution in [2.24, 2.45) is 0 Å². The van der Waals surface area contributed by atoms with Gasteiger partial charge in [-0.3, -0.25) is 9.69 Å². The van der Waals surface area contributed by atoms with Gasteiger partial charge in [-0.2, -0.15) is 0 Å². The highest BCUT2D eigenvalue weighted by molar-refractivity contribution is 5.73. The average molecular weight is 217 g/mol. The second-order valence-electron chi connectivity index (χ2n) is 3.40.